The second-order valence-electron chi connectivity index (χ2n) is 7.15. The summed E-state index contributed by atoms with van der Waals surface area (Å²) in [5.74, 6) is 0.0931. The Labute approximate surface area is 175 Å². The number of para-hydroxylation sites is 1. The molecule has 2 aromatic heterocycles. The molecule has 0 unspecified atom stereocenters. The number of aromatic nitrogens is 2. The van der Waals surface area contributed by atoms with Crippen LogP contribution in [0.2, 0.25) is 0 Å². The van der Waals surface area contributed by atoms with Gasteiger partial charge in [0.15, 0.2) is 9.84 Å². The second-order valence-corrected chi connectivity index (χ2v) is 9.11. The average molecular weight is 420 g/mol. The summed E-state index contributed by atoms with van der Waals surface area (Å²) in [6.45, 7) is 1.90. The lowest BCUT2D eigenvalue weighted by molar-refractivity contribution is -0.116. The molecule has 0 fully saturated rings. The van der Waals surface area contributed by atoms with Gasteiger partial charge in [-0.2, -0.15) is 0 Å². The molecule has 6 nitrogen and oxygen atoms in total. The molecular weight excluding hydrogens is 398 g/mol. The van der Waals surface area contributed by atoms with Crippen LogP contribution in [0, 0.1) is 6.92 Å². The number of aryl methyl sites for hydroxylation is 1. The summed E-state index contributed by atoms with van der Waals surface area (Å²) >= 11 is 0. The van der Waals surface area contributed by atoms with E-state index in [0.29, 0.717) is 16.7 Å². The van der Waals surface area contributed by atoms with Gasteiger partial charge in [0.05, 0.1) is 10.6 Å². The maximum atomic E-state index is 13.1. The van der Waals surface area contributed by atoms with Gasteiger partial charge in [-0.05, 0) is 36.2 Å². The van der Waals surface area contributed by atoms with Crippen molar-refractivity contribution in [3.05, 3.63) is 90.3 Å². The molecule has 0 saturated carbocycles. The van der Waals surface area contributed by atoms with Crippen molar-refractivity contribution in [3.8, 4) is 0 Å². The number of benzene rings is 2. The van der Waals surface area contributed by atoms with E-state index in [2.05, 4.69) is 10.3 Å². The summed E-state index contributed by atoms with van der Waals surface area (Å²) in [7, 11) is -3.58. The number of fused-ring (bicyclic) bond motifs is 1. The Morgan fingerprint density at radius 2 is 1.77 bits per heavy atom. The van der Waals surface area contributed by atoms with Gasteiger partial charge in [0.2, 0.25) is 5.91 Å². The van der Waals surface area contributed by atoms with Crippen LogP contribution in [0.4, 0.5) is 5.82 Å². The van der Waals surface area contributed by atoms with Crippen LogP contribution in [0.1, 0.15) is 11.1 Å². The third-order valence-electron chi connectivity index (χ3n) is 4.78. The third-order valence-corrected chi connectivity index (χ3v) is 6.49. The average Bonchev–Trinajstić information content (AvgIpc) is 3.08. The van der Waals surface area contributed by atoms with Crippen molar-refractivity contribution in [1.82, 2.24) is 9.55 Å². The number of anilines is 1. The smallest absolute Gasteiger partial charge is 0.245 e. The molecule has 0 aliphatic rings. The normalized spacial score (nSPS) is 11.5. The number of amides is 1. The zero-order chi connectivity index (χ0) is 21.1. The highest BCUT2D eigenvalue weighted by molar-refractivity contribution is 7.90. The van der Waals surface area contributed by atoms with E-state index >= 15 is 0 Å². The zero-order valence-electron chi connectivity index (χ0n) is 16.4. The van der Waals surface area contributed by atoms with Gasteiger partial charge in [0, 0.05) is 23.3 Å². The predicted octanol–water partition coefficient (Wildman–Crippen LogP) is 3.96. The predicted molar refractivity (Wildman–Crippen MR) is 117 cm³/mol. The van der Waals surface area contributed by atoms with Gasteiger partial charge in [-0.3, -0.25) is 4.79 Å². The molecule has 0 aliphatic carbocycles. The fourth-order valence-corrected chi connectivity index (χ4v) is 4.99. The number of hydrogen-bond donors (Lipinski definition) is 1. The largest absolute Gasteiger partial charge is 0.337 e. The first kappa shape index (κ1) is 19.8. The van der Waals surface area contributed by atoms with Crippen molar-refractivity contribution in [2.75, 3.05) is 5.32 Å². The molecule has 4 aromatic rings. The number of nitrogens with one attached hydrogen (secondary N) is 1. The first-order valence-electron chi connectivity index (χ1n) is 9.49. The van der Waals surface area contributed by atoms with Gasteiger partial charge in [-0.1, -0.05) is 48.5 Å². The summed E-state index contributed by atoms with van der Waals surface area (Å²) in [6.07, 6.45) is 3.18. The molecule has 0 aliphatic heterocycles. The molecule has 152 valence electrons. The van der Waals surface area contributed by atoms with E-state index < -0.39 is 9.84 Å². The molecule has 0 saturated heterocycles. The molecule has 0 bridgehead atoms. The Hall–Kier alpha value is -3.45. The summed E-state index contributed by atoms with van der Waals surface area (Å²) in [6, 6.07) is 19.9. The van der Waals surface area contributed by atoms with Gasteiger partial charge in [0.25, 0.3) is 0 Å². The van der Waals surface area contributed by atoms with Crippen LogP contribution in [0.15, 0.2) is 84.0 Å². The highest BCUT2D eigenvalue weighted by atomic mass is 32.2. The second kappa shape index (κ2) is 8.12. The maximum Gasteiger partial charge on any atom is 0.245 e. The highest BCUT2D eigenvalue weighted by Gasteiger charge is 2.22. The molecule has 0 atom stereocenters. The lowest BCUT2D eigenvalue weighted by Crippen LogP contribution is -2.19. The minimum absolute atomic E-state index is 0.0169. The Balaban J connectivity index is 1.64. The van der Waals surface area contributed by atoms with Crippen molar-refractivity contribution >= 4 is 32.5 Å². The quantitative estimate of drug-likeness (QED) is 0.513. The van der Waals surface area contributed by atoms with Crippen LogP contribution in [0.25, 0.3) is 10.9 Å². The Bertz CT molecular complexity index is 1310. The standard InChI is InChI=1S/C23H21N3O3S/c1-17-11-12-24-22(13-17)25-23(27)15-26-14-21(19-9-5-6-10-20(19)26)30(28,29)16-18-7-3-2-4-8-18/h2-14H,15-16H2,1H3,(H,24,25,27). The van der Waals surface area contributed by atoms with Gasteiger partial charge >= 0.3 is 0 Å². The molecule has 7 heteroatoms. The molecule has 30 heavy (non-hydrogen) atoms. The summed E-state index contributed by atoms with van der Waals surface area (Å²) < 4.78 is 27.9. The van der Waals surface area contributed by atoms with E-state index in [1.165, 1.54) is 0 Å². The number of nitrogens with zero attached hydrogens (tertiary/aromatic N) is 2. The Kier molecular flexibility index (Phi) is 5.37. The van der Waals surface area contributed by atoms with E-state index in [4.69, 9.17) is 0 Å². The van der Waals surface area contributed by atoms with Gasteiger partial charge in [-0.15, -0.1) is 0 Å². The fourth-order valence-electron chi connectivity index (χ4n) is 3.40. The topological polar surface area (TPSA) is 81.1 Å². The van der Waals surface area contributed by atoms with E-state index in [0.717, 1.165) is 11.1 Å². The zero-order valence-corrected chi connectivity index (χ0v) is 17.3. The minimum Gasteiger partial charge on any atom is -0.337 e. The van der Waals surface area contributed by atoms with Crippen LogP contribution in [-0.4, -0.2) is 23.9 Å². The molecule has 2 aromatic carbocycles. The third kappa shape index (κ3) is 4.26. The van der Waals surface area contributed by atoms with Crippen LogP contribution < -0.4 is 5.32 Å². The summed E-state index contributed by atoms with van der Waals surface area (Å²) in [5.41, 5.74) is 2.40. The molecule has 4 rings (SSSR count). The van der Waals surface area contributed by atoms with Crippen LogP contribution in [0.3, 0.4) is 0 Å². The van der Waals surface area contributed by atoms with E-state index in [9.17, 15) is 13.2 Å². The lowest BCUT2D eigenvalue weighted by Gasteiger charge is -2.07. The first-order chi connectivity index (χ1) is 14.4. The Morgan fingerprint density at radius 3 is 2.53 bits per heavy atom. The van der Waals surface area contributed by atoms with E-state index in [1.54, 1.807) is 47.3 Å². The van der Waals surface area contributed by atoms with Gasteiger partial charge in [0.1, 0.15) is 12.4 Å². The first-order valence-corrected chi connectivity index (χ1v) is 11.1. The molecule has 2 heterocycles. The minimum atomic E-state index is -3.58. The summed E-state index contributed by atoms with van der Waals surface area (Å²) in [4.78, 5) is 16.9. The van der Waals surface area contributed by atoms with Crippen molar-refractivity contribution in [1.29, 1.82) is 0 Å². The number of hydrogen-bond acceptors (Lipinski definition) is 4. The van der Waals surface area contributed by atoms with Gasteiger partial charge in [-0.25, -0.2) is 13.4 Å². The molecule has 0 spiro atoms. The SMILES string of the molecule is Cc1ccnc(NC(=O)Cn2cc(S(=O)(=O)Cc3ccccc3)c3ccccc32)c1. The van der Waals surface area contributed by atoms with Gasteiger partial charge < -0.3 is 9.88 Å². The van der Waals surface area contributed by atoms with E-state index in [-0.39, 0.29) is 23.1 Å². The monoisotopic (exact) mass is 419 g/mol. The number of carbonyl (C=O) groups is 1. The number of rotatable bonds is 6. The van der Waals surface area contributed by atoms with Crippen molar-refractivity contribution in [2.45, 2.75) is 24.1 Å². The molecule has 0 radical (unpaired) electrons. The van der Waals surface area contributed by atoms with Crippen molar-refractivity contribution in [2.24, 2.45) is 0 Å². The Morgan fingerprint density at radius 1 is 1.03 bits per heavy atom. The summed E-state index contributed by atoms with van der Waals surface area (Å²) in [5, 5.41) is 3.37. The van der Waals surface area contributed by atoms with Crippen LogP contribution in [-0.2, 0) is 26.9 Å². The van der Waals surface area contributed by atoms with E-state index in [1.807, 2.05) is 43.3 Å². The molecule has 1 N–H and O–H groups in total. The molecular formula is C23H21N3O3S. The number of sulfone groups is 1. The fraction of sp³-hybridized carbons (Fsp3) is 0.130. The van der Waals surface area contributed by atoms with Crippen LogP contribution >= 0.6 is 0 Å². The number of carbonyl (C=O) groups excluding carboxylic acids is 1. The maximum absolute atomic E-state index is 13.1. The number of pyridine rings is 1. The van der Waals surface area contributed by atoms with Crippen molar-refractivity contribution in [3.63, 3.8) is 0 Å². The van der Waals surface area contributed by atoms with Crippen molar-refractivity contribution < 1.29 is 13.2 Å². The molecule has 1 amide bonds. The lowest BCUT2D eigenvalue weighted by atomic mass is 10.2. The van der Waals surface area contributed by atoms with Crippen LogP contribution in [0.5, 0.6) is 0 Å². The highest BCUT2D eigenvalue weighted by Crippen LogP contribution is 2.28.